The molecule has 1 aromatic carbocycles. The van der Waals surface area contributed by atoms with Crippen LogP contribution >= 0.6 is 0 Å². The average molecular weight is 212 g/mol. The number of aromatic nitrogens is 2. The van der Waals surface area contributed by atoms with E-state index in [-0.39, 0.29) is 0 Å². The normalized spacial score (nSPS) is 14.8. The zero-order valence-electron chi connectivity index (χ0n) is 9.61. The molecular weight excluding hydrogens is 196 g/mol. The maximum atomic E-state index is 4.68. The van der Waals surface area contributed by atoms with Crippen LogP contribution in [0.4, 0.5) is 0 Å². The van der Waals surface area contributed by atoms with Crippen molar-refractivity contribution in [3.05, 3.63) is 41.6 Å². The molecule has 0 aliphatic heterocycles. The Labute approximate surface area is 95.9 Å². The molecule has 0 fully saturated rings. The van der Waals surface area contributed by atoms with Crippen molar-refractivity contribution in [3.63, 3.8) is 0 Å². The lowest BCUT2D eigenvalue weighted by Gasteiger charge is -2.12. The standard InChI is InChI=1S/C14H16N2/c1-16-13-10-6-5-9-12(13)14(15-16)11-7-3-2-4-8-11/h2-4,7-8H,5-6,9-10H2,1H3. The summed E-state index contributed by atoms with van der Waals surface area (Å²) in [6, 6.07) is 10.5. The number of rotatable bonds is 1. The van der Waals surface area contributed by atoms with Crippen LogP contribution < -0.4 is 0 Å². The second kappa shape index (κ2) is 3.78. The first kappa shape index (κ1) is 9.64. The Balaban J connectivity index is 2.15. The summed E-state index contributed by atoms with van der Waals surface area (Å²) >= 11 is 0. The number of fused-ring (bicyclic) bond motifs is 1. The molecule has 0 N–H and O–H groups in total. The molecule has 2 nitrogen and oxygen atoms in total. The molecule has 1 aliphatic rings. The second-order valence-corrected chi connectivity index (χ2v) is 4.47. The predicted octanol–water partition coefficient (Wildman–Crippen LogP) is 2.97. The minimum Gasteiger partial charge on any atom is -0.272 e. The van der Waals surface area contributed by atoms with Crippen LogP contribution in [0, 0.1) is 0 Å². The third-order valence-electron chi connectivity index (χ3n) is 3.41. The maximum Gasteiger partial charge on any atom is 0.0957 e. The fraction of sp³-hybridized carbons (Fsp3) is 0.357. The second-order valence-electron chi connectivity index (χ2n) is 4.47. The van der Waals surface area contributed by atoms with E-state index in [0.717, 1.165) is 0 Å². The van der Waals surface area contributed by atoms with Crippen molar-refractivity contribution in [1.82, 2.24) is 9.78 Å². The highest BCUT2D eigenvalue weighted by Crippen LogP contribution is 2.30. The van der Waals surface area contributed by atoms with Gasteiger partial charge >= 0.3 is 0 Å². The molecule has 1 aliphatic carbocycles. The smallest absolute Gasteiger partial charge is 0.0957 e. The fourth-order valence-corrected chi connectivity index (χ4v) is 2.60. The third-order valence-corrected chi connectivity index (χ3v) is 3.41. The number of nitrogens with zero attached hydrogens (tertiary/aromatic N) is 2. The highest BCUT2D eigenvalue weighted by molar-refractivity contribution is 5.64. The van der Waals surface area contributed by atoms with Gasteiger partial charge in [-0.3, -0.25) is 4.68 Å². The Bertz CT molecular complexity index is 497. The Hall–Kier alpha value is -1.57. The van der Waals surface area contributed by atoms with Crippen molar-refractivity contribution in [2.45, 2.75) is 25.7 Å². The summed E-state index contributed by atoms with van der Waals surface area (Å²) in [5.41, 5.74) is 5.35. The topological polar surface area (TPSA) is 17.8 Å². The van der Waals surface area contributed by atoms with Crippen molar-refractivity contribution in [2.75, 3.05) is 0 Å². The lowest BCUT2D eigenvalue weighted by molar-refractivity contribution is 0.626. The van der Waals surface area contributed by atoms with E-state index in [1.165, 1.54) is 48.2 Å². The molecule has 2 heteroatoms. The molecule has 0 amide bonds. The van der Waals surface area contributed by atoms with Gasteiger partial charge in [-0.2, -0.15) is 5.10 Å². The minimum atomic E-state index is 1.19. The van der Waals surface area contributed by atoms with E-state index in [1.54, 1.807) is 0 Å². The quantitative estimate of drug-likeness (QED) is 0.710. The van der Waals surface area contributed by atoms with E-state index in [9.17, 15) is 0 Å². The molecule has 0 atom stereocenters. The predicted molar refractivity (Wildman–Crippen MR) is 65.3 cm³/mol. The van der Waals surface area contributed by atoms with Crippen molar-refractivity contribution in [2.24, 2.45) is 7.05 Å². The van der Waals surface area contributed by atoms with Gasteiger partial charge in [-0.1, -0.05) is 30.3 Å². The molecule has 0 spiro atoms. The number of hydrogen-bond acceptors (Lipinski definition) is 1. The number of aryl methyl sites for hydroxylation is 1. The van der Waals surface area contributed by atoms with E-state index in [2.05, 4.69) is 47.2 Å². The SMILES string of the molecule is Cn1nc(-c2ccccc2)c2c1CCCC2. The maximum absolute atomic E-state index is 4.68. The van der Waals surface area contributed by atoms with Gasteiger partial charge in [-0.05, 0) is 25.7 Å². The van der Waals surface area contributed by atoms with Gasteiger partial charge < -0.3 is 0 Å². The first-order valence-corrected chi connectivity index (χ1v) is 5.96. The fourth-order valence-electron chi connectivity index (χ4n) is 2.60. The lowest BCUT2D eigenvalue weighted by Crippen LogP contribution is -2.05. The molecule has 0 saturated heterocycles. The molecule has 1 aromatic heterocycles. The Morgan fingerprint density at radius 3 is 2.62 bits per heavy atom. The summed E-state index contributed by atoms with van der Waals surface area (Å²) in [5, 5.41) is 4.68. The Kier molecular flexibility index (Phi) is 2.28. The zero-order chi connectivity index (χ0) is 11.0. The van der Waals surface area contributed by atoms with Crippen LogP contribution in [0.25, 0.3) is 11.3 Å². The molecule has 0 radical (unpaired) electrons. The van der Waals surface area contributed by atoms with Crippen LogP contribution in [0.1, 0.15) is 24.1 Å². The molecule has 0 saturated carbocycles. The van der Waals surface area contributed by atoms with Crippen molar-refractivity contribution < 1.29 is 0 Å². The van der Waals surface area contributed by atoms with Gasteiger partial charge in [-0.25, -0.2) is 0 Å². The molecule has 3 rings (SSSR count). The summed E-state index contributed by atoms with van der Waals surface area (Å²) < 4.78 is 2.07. The van der Waals surface area contributed by atoms with E-state index < -0.39 is 0 Å². The Morgan fingerprint density at radius 1 is 1.06 bits per heavy atom. The van der Waals surface area contributed by atoms with Gasteiger partial charge in [0.05, 0.1) is 5.69 Å². The highest BCUT2D eigenvalue weighted by Gasteiger charge is 2.19. The van der Waals surface area contributed by atoms with E-state index in [0.29, 0.717) is 0 Å². The van der Waals surface area contributed by atoms with Crippen LogP contribution in [0.3, 0.4) is 0 Å². The summed E-state index contributed by atoms with van der Waals surface area (Å²) in [7, 11) is 2.07. The average Bonchev–Trinajstić information content (AvgIpc) is 2.69. The largest absolute Gasteiger partial charge is 0.272 e. The third kappa shape index (κ3) is 1.45. The van der Waals surface area contributed by atoms with Gasteiger partial charge in [0.15, 0.2) is 0 Å². The van der Waals surface area contributed by atoms with Crippen molar-refractivity contribution >= 4 is 0 Å². The number of hydrogen-bond donors (Lipinski definition) is 0. The molecule has 82 valence electrons. The summed E-state index contributed by atoms with van der Waals surface area (Å²) in [4.78, 5) is 0. The van der Waals surface area contributed by atoms with Crippen LogP contribution in [0.15, 0.2) is 30.3 Å². The minimum absolute atomic E-state index is 1.19. The van der Waals surface area contributed by atoms with E-state index in [4.69, 9.17) is 0 Å². The van der Waals surface area contributed by atoms with Crippen LogP contribution in [-0.4, -0.2) is 9.78 Å². The van der Waals surface area contributed by atoms with E-state index >= 15 is 0 Å². The van der Waals surface area contributed by atoms with Gasteiger partial charge in [0.2, 0.25) is 0 Å². The van der Waals surface area contributed by atoms with Gasteiger partial charge in [0, 0.05) is 23.9 Å². The monoisotopic (exact) mass is 212 g/mol. The van der Waals surface area contributed by atoms with Crippen LogP contribution in [0.5, 0.6) is 0 Å². The summed E-state index contributed by atoms with van der Waals surface area (Å²) in [5.74, 6) is 0. The van der Waals surface area contributed by atoms with Crippen LogP contribution in [0.2, 0.25) is 0 Å². The molecule has 1 heterocycles. The van der Waals surface area contributed by atoms with E-state index in [1.807, 2.05) is 0 Å². The zero-order valence-corrected chi connectivity index (χ0v) is 9.61. The molecule has 0 bridgehead atoms. The molecule has 0 unspecified atom stereocenters. The summed E-state index contributed by atoms with van der Waals surface area (Å²) in [6.45, 7) is 0. The van der Waals surface area contributed by atoms with Crippen LogP contribution in [-0.2, 0) is 19.9 Å². The first-order chi connectivity index (χ1) is 7.86. The molecular formula is C14H16N2. The molecule has 2 aromatic rings. The van der Waals surface area contributed by atoms with Crippen molar-refractivity contribution in [3.8, 4) is 11.3 Å². The Morgan fingerprint density at radius 2 is 1.81 bits per heavy atom. The first-order valence-electron chi connectivity index (χ1n) is 5.96. The van der Waals surface area contributed by atoms with Gasteiger partial charge in [-0.15, -0.1) is 0 Å². The lowest BCUT2D eigenvalue weighted by atomic mass is 9.93. The number of benzene rings is 1. The highest BCUT2D eigenvalue weighted by atomic mass is 15.3. The van der Waals surface area contributed by atoms with Gasteiger partial charge in [0.25, 0.3) is 0 Å². The molecule has 16 heavy (non-hydrogen) atoms. The van der Waals surface area contributed by atoms with Crippen molar-refractivity contribution in [1.29, 1.82) is 0 Å². The van der Waals surface area contributed by atoms with Gasteiger partial charge in [0.1, 0.15) is 0 Å². The summed E-state index contributed by atoms with van der Waals surface area (Å²) in [6.07, 6.45) is 4.98.